The van der Waals surface area contributed by atoms with Gasteiger partial charge in [-0.3, -0.25) is 15.3 Å². The summed E-state index contributed by atoms with van der Waals surface area (Å²) in [6.45, 7) is 4.08. The van der Waals surface area contributed by atoms with Crippen LogP contribution in [0.25, 0.3) is 0 Å². The second-order valence-electron chi connectivity index (χ2n) is 6.94. The van der Waals surface area contributed by atoms with Crippen LogP contribution in [0, 0.1) is 0 Å². The minimum Gasteiger partial charge on any atom is -0.382 e. The molecule has 1 saturated heterocycles. The van der Waals surface area contributed by atoms with Crippen molar-refractivity contribution < 1.29 is 4.74 Å². The minimum atomic E-state index is 0.0875. The van der Waals surface area contributed by atoms with Crippen molar-refractivity contribution in [1.29, 1.82) is 0 Å². The number of morpholine rings is 1. The molecule has 1 atom stereocenters. The summed E-state index contributed by atoms with van der Waals surface area (Å²) in [6, 6.07) is 0. The fourth-order valence-electron chi connectivity index (χ4n) is 3.39. The van der Waals surface area contributed by atoms with Crippen molar-refractivity contribution in [2.75, 3.05) is 42.4 Å². The molecule has 10 heteroatoms. The molecule has 0 bridgehead atoms. The second kappa shape index (κ2) is 6.62. The minimum absolute atomic E-state index is 0.0875. The Labute approximate surface area is 155 Å². The zero-order valence-corrected chi connectivity index (χ0v) is 15.2. The quantitative estimate of drug-likeness (QED) is 0.705. The van der Waals surface area contributed by atoms with E-state index in [1.54, 1.807) is 11.3 Å². The zero-order chi connectivity index (χ0) is 17.5. The monoisotopic (exact) mass is 374 g/mol. The van der Waals surface area contributed by atoms with E-state index >= 15 is 0 Å². The van der Waals surface area contributed by atoms with E-state index in [1.165, 1.54) is 0 Å². The van der Waals surface area contributed by atoms with Crippen LogP contribution in [0.2, 0.25) is 0 Å². The van der Waals surface area contributed by atoms with Gasteiger partial charge in [-0.25, -0.2) is 15.0 Å². The molecule has 4 N–H and O–H groups in total. The number of hydrogen-bond acceptors (Lipinski definition) is 10. The summed E-state index contributed by atoms with van der Waals surface area (Å²) in [6.07, 6.45) is 4.24. The maximum atomic E-state index is 6.11. The first-order valence-electron chi connectivity index (χ1n) is 8.95. The number of anilines is 3. The summed E-state index contributed by atoms with van der Waals surface area (Å²) >= 11 is 1.70. The van der Waals surface area contributed by atoms with Gasteiger partial charge in [-0.05, 0) is 12.8 Å². The van der Waals surface area contributed by atoms with Gasteiger partial charge in [0.2, 0.25) is 0 Å². The Balaban J connectivity index is 1.27. The molecule has 0 amide bonds. The van der Waals surface area contributed by atoms with E-state index in [0.717, 1.165) is 61.4 Å². The molecular formula is C16H22N8OS. The number of nitrogens with zero attached hydrogens (tertiary/aromatic N) is 5. The van der Waals surface area contributed by atoms with E-state index in [2.05, 4.69) is 25.8 Å². The van der Waals surface area contributed by atoms with Crippen molar-refractivity contribution >= 4 is 28.7 Å². The first kappa shape index (κ1) is 16.2. The van der Waals surface area contributed by atoms with Gasteiger partial charge in [-0.15, -0.1) is 16.9 Å². The van der Waals surface area contributed by atoms with Crippen molar-refractivity contribution in [3.8, 4) is 0 Å². The molecule has 5 rings (SSSR count). The molecular weight excluding hydrogens is 352 g/mol. The maximum Gasteiger partial charge on any atom is 0.175 e. The van der Waals surface area contributed by atoms with Crippen LogP contribution in [-0.4, -0.2) is 52.2 Å². The smallest absolute Gasteiger partial charge is 0.175 e. The molecule has 1 saturated carbocycles. The van der Waals surface area contributed by atoms with Crippen molar-refractivity contribution in [2.24, 2.45) is 0 Å². The molecule has 3 aliphatic rings. The zero-order valence-electron chi connectivity index (χ0n) is 14.4. The van der Waals surface area contributed by atoms with Crippen LogP contribution in [0.4, 0.5) is 17.3 Å². The average molecular weight is 374 g/mol. The van der Waals surface area contributed by atoms with Gasteiger partial charge in [0, 0.05) is 30.6 Å². The second-order valence-corrected chi connectivity index (χ2v) is 7.92. The van der Waals surface area contributed by atoms with Crippen molar-refractivity contribution in [1.82, 2.24) is 25.4 Å². The largest absolute Gasteiger partial charge is 0.382 e. The number of aromatic nitrogens is 3. The summed E-state index contributed by atoms with van der Waals surface area (Å²) in [7, 11) is 0. The molecule has 4 heterocycles. The summed E-state index contributed by atoms with van der Waals surface area (Å²) < 4.78 is 5.98. The summed E-state index contributed by atoms with van der Waals surface area (Å²) in [5, 5.41) is 5.15. The lowest BCUT2D eigenvalue weighted by molar-refractivity contribution is -0.0275. The Bertz CT molecular complexity index is 781. The van der Waals surface area contributed by atoms with Crippen LogP contribution in [0.3, 0.4) is 0 Å². The average Bonchev–Trinajstić information content (AvgIpc) is 3.23. The van der Waals surface area contributed by atoms with Crippen LogP contribution < -0.4 is 21.7 Å². The number of rotatable bonds is 5. The summed E-state index contributed by atoms with van der Waals surface area (Å²) in [4.78, 5) is 15.9. The topological polar surface area (TPSA) is 104 Å². The molecule has 138 valence electrons. The number of ether oxygens (including phenoxy) is 1. The number of nitrogens with one attached hydrogen (secondary N) is 2. The Kier molecular flexibility index (Phi) is 4.12. The number of hydrazine groups is 2. The first-order chi connectivity index (χ1) is 12.8. The Morgan fingerprint density at radius 3 is 3.08 bits per heavy atom. The van der Waals surface area contributed by atoms with Gasteiger partial charge >= 0.3 is 0 Å². The lowest BCUT2D eigenvalue weighted by Gasteiger charge is -2.34. The SMILES string of the molecule is Nc1nc(C2CC2)nc2c1NNN2C[C@H]1CN(Cc2nccs2)CCO1. The highest BCUT2D eigenvalue weighted by atomic mass is 32.1. The van der Waals surface area contributed by atoms with Gasteiger partial charge in [-0.2, -0.15) is 0 Å². The van der Waals surface area contributed by atoms with E-state index in [1.807, 2.05) is 16.6 Å². The van der Waals surface area contributed by atoms with Crippen LogP contribution in [0.1, 0.15) is 29.6 Å². The molecule has 0 radical (unpaired) electrons. The predicted molar refractivity (Wildman–Crippen MR) is 99.7 cm³/mol. The molecule has 26 heavy (non-hydrogen) atoms. The van der Waals surface area contributed by atoms with E-state index in [0.29, 0.717) is 18.3 Å². The molecule has 2 aromatic heterocycles. The van der Waals surface area contributed by atoms with Gasteiger partial charge in [0.25, 0.3) is 0 Å². The lowest BCUT2D eigenvalue weighted by atomic mass is 10.2. The van der Waals surface area contributed by atoms with Gasteiger partial charge in [0.05, 0.1) is 25.8 Å². The Hall–Kier alpha value is -2.01. The lowest BCUT2D eigenvalue weighted by Crippen LogP contribution is -2.50. The number of nitrogen functional groups attached to an aromatic ring is 1. The number of nitrogens with two attached hydrogens (primary N) is 1. The molecule has 9 nitrogen and oxygen atoms in total. The molecule has 0 spiro atoms. The number of fused-ring (bicyclic) bond motifs is 1. The highest BCUT2D eigenvalue weighted by molar-refractivity contribution is 7.09. The van der Waals surface area contributed by atoms with E-state index < -0.39 is 0 Å². The van der Waals surface area contributed by atoms with Crippen molar-refractivity contribution in [2.45, 2.75) is 31.4 Å². The molecule has 1 aliphatic carbocycles. The fraction of sp³-hybridized carbons (Fsp3) is 0.562. The van der Waals surface area contributed by atoms with Gasteiger partial charge < -0.3 is 10.5 Å². The van der Waals surface area contributed by atoms with Gasteiger partial charge in [0.1, 0.15) is 16.5 Å². The highest BCUT2D eigenvalue weighted by Crippen LogP contribution is 2.41. The first-order valence-corrected chi connectivity index (χ1v) is 9.83. The van der Waals surface area contributed by atoms with Crippen LogP contribution >= 0.6 is 11.3 Å². The van der Waals surface area contributed by atoms with Gasteiger partial charge in [0.15, 0.2) is 11.6 Å². The number of thiazole rings is 1. The predicted octanol–water partition coefficient (Wildman–Crippen LogP) is 0.945. The third-order valence-corrected chi connectivity index (χ3v) is 5.67. The normalized spacial score (nSPS) is 23.1. The fourth-order valence-corrected chi connectivity index (χ4v) is 4.05. The van der Waals surface area contributed by atoms with Crippen molar-refractivity contribution in [3.05, 3.63) is 22.4 Å². The standard InChI is InChI=1S/C16H22N8OS/c17-14-13-16(20-15(19-14)10-1-2-10)24(22-21-13)8-11-7-23(4-5-25-11)9-12-18-3-6-26-12/h3,6,10-11,21-22H,1-2,4-5,7-9H2,(H2,17,19,20)/t11-/m1/s1. The molecule has 0 unspecified atom stereocenters. The highest BCUT2D eigenvalue weighted by Gasteiger charge is 2.33. The number of hydrogen-bond donors (Lipinski definition) is 3. The Morgan fingerprint density at radius 2 is 2.27 bits per heavy atom. The van der Waals surface area contributed by atoms with Crippen molar-refractivity contribution in [3.63, 3.8) is 0 Å². The molecule has 2 fully saturated rings. The summed E-state index contributed by atoms with van der Waals surface area (Å²) in [5.74, 6) is 2.64. The third-order valence-electron chi connectivity index (χ3n) is 4.90. The Morgan fingerprint density at radius 1 is 1.35 bits per heavy atom. The maximum absolute atomic E-state index is 6.11. The van der Waals surface area contributed by atoms with Crippen LogP contribution in [0.15, 0.2) is 11.6 Å². The summed E-state index contributed by atoms with van der Waals surface area (Å²) in [5.41, 5.74) is 13.1. The third kappa shape index (κ3) is 3.20. The van der Waals surface area contributed by atoms with E-state index in [4.69, 9.17) is 15.5 Å². The van der Waals surface area contributed by atoms with Crippen LogP contribution in [0.5, 0.6) is 0 Å². The molecule has 2 aliphatic heterocycles. The molecule has 2 aromatic rings. The van der Waals surface area contributed by atoms with Crippen LogP contribution in [-0.2, 0) is 11.3 Å². The van der Waals surface area contributed by atoms with E-state index in [9.17, 15) is 0 Å². The van der Waals surface area contributed by atoms with E-state index in [-0.39, 0.29) is 6.10 Å². The van der Waals surface area contributed by atoms with Gasteiger partial charge in [-0.1, -0.05) is 0 Å². The molecule has 0 aromatic carbocycles.